The van der Waals surface area contributed by atoms with Crippen molar-refractivity contribution in [2.45, 2.75) is 44.2 Å². The Morgan fingerprint density at radius 1 is 1.20 bits per heavy atom. The molecule has 20 heavy (non-hydrogen) atoms. The summed E-state index contributed by atoms with van der Waals surface area (Å²) in [6.07, 6.45) is 6.33. The van der Waals surface area contributed by atoms with Gasteiger partial charge in [-0.2, -0.15) is 0 Å². The Kier molecular flexibility index (Phi) is 3.74. The van der Waals surface area contributed by atoms with E-state index >= 15 is 0 Å². The number of aromatic amines is 1. The number of carbonyl (C=O) groups is 1. The summed E-state index contributed by atoms with van der Waals surface area (Å²) in [6, 6.07) is 7.47. The second-order valence-corrected chi connectivity index (χ2v) is 5.57. The minimum atomic E-state index is -0.421. The first kappa shape index (κ1) is 13.2. The van der Waals surface area contributed by atoms with E-state index in [2.05, 4.69) is 10.3 Å². The zero-order chi connectivity index (χ0) is 13.9. The van der Waals surface area contributed by atoms with Crippen LogP contribution in [-0.4, -0.2) is 28.1 Å². The van der Waals surface area contributed by atoms with Crippen LogP contribution in [0.15, 0.2) is 30.5 Å². The van der Waals surface area contributed by atoms with Crippen molar-refractivity contribution in [1.29, 1.82) is 0 Å². The number of aliphatic hydroxyl groups excluding tert-OH is 1. The molecule has 1 aliphatic rings. The molecule has 1 aliphatic carbocycles. The maximum Gasteiger partial charge on any atom is 0.251 e. The molecule has 4 heteroatoms. The number of nitrogens with one attached hydrogen (secondary N) is 2. The van der Waals surface area contributed by atoms with Gasteiger partial charge in [0.15, 0.2) is 0 Å². The van der Waals surface area contributed by atoms with E-state index in [-0.39, 0.29) is 11.9 Å². The van der Waals surface area contributed by atoms with E-state index in [0.29, 0.717) is 5.56 Å². The molecule has 0 bridgehead atoms. The molecule has 1 amide bonds. The molecular formula is C16H20N2O2. The topological polar surface area (TPSA) is 65.1 Å². The third kappa shape index (κ3) is 2.70. The number of rotatable bonds is 2. The Bertz CT molecular complexity index is 605. The largest absolute Gasteiger partial charge is 0.391 e. The first-order chi connectivity index (χ1) is 9.74. The molecule has 1 aromatic carbocycles. The van der Waals surface area contributed by atoms with Crippen LogP contribution in [-0.2, 0) is 0 Å². The molecule has 106 valence electrons. The molecule has 0 radical (unpaired) electrons. The Morgan fingerprint density at radius 3 is 2.95 bits per heavy atom. The zero-order valence-corrected chi connectivity index (χ0v) is 11.4. The third-order valence-electron chi connectivity index (χ3n) is 4.11. The van der Waals surface area contributed by atoms with Gasteiger partial charge in [0.25, 0.3) is 5.91 Å². The fourth-order valence-electron chi connectivity index (χ4n) is 2.90. The van der Waals surface area contributed by atoms with E-state index in [1.165, 1.54) is 0 Å². The van der Waals surface area contributed by atoms with E-state index in [0.717, 1.165) is 43.0 Å². The van der Waals surface area contributed by atoms with E-state index in [1.807, 2.05) is 30.5 Å². The monoisotopic (exact) mass is 272 g/mol. The van der Waals surface area contributed by atoms with Crippen molar-refractivity contribution in [3.63, 3.8) is 0 Å². The van der Waals surface area contributed by atoms with Crippen molar-refractivity contribution >= 4 is 16.8 Å². The van der Waals surface area contributed by atoms with Crippen LogP contribution in [0.1, 0.15) is 42.5 Å². The summed E-state index contributed by atoms with van der Waals surface area (Å²) < 4.78 is 0. The Labute approximate surface area is 118 Å². The van der Waals surface area contributed by atoms with Gasteiger partial charge >= 0.3 is 0 Å². The molecule has 2 unspecified atom stereocenters. The average molecular weight is 272 g/mol. The van der Waals surface area contributed by atoms with Crippen LogP contribution in [0.25, 0.3) is 10.9 Å². The van der Waals surface area contributed by atoms with Crippen molar-refractivity contribution in [3.8, 4) is 0 Å². The fourth-order valence-corrected chi connectivity index (χ4v) is 2.90. The summed E-state index contributed by atoms with van der Waals surface area (Å²) in [7, 11) is 0. The van der Waals surface area contributed by atoms with Crippen molar-refractivity contribution in [3.05, 3.63) is 36.0 Å². The number of carbonyl (C=O) groups excluding carboxylic acids is 1. The standard InChI is InChI=1S/C16H20N2O2/c19-15-5-3-1-2-4-13(15)18-16(20)12-7-6-11-8-9-17-14(11)10-12/h6-10,13,15,17,19H,1-5H2,(H,18,20). The molecule has 1 aromatic heterocycles. The van der Waals surface area contributed by atoms with Gasteiger partial charge in [-0.15, -0.1) is 0 Å². The summed E-state index contributed by atoms with van der Waals surface area (Å²) in [4.78, 5) is 15.4. The van der Waals surface area contributed by atoms with Crippen LogP contribution < -0.4 is 5.32 Å². The molecule has 3 N–H and O–H groups in total. The number of amides is 1. The first-order valence-corrected chi connectivity index (χ1v) is 7.30. The van der Waals surface area contributed by atoms with Crippen LogP contribution in [0.3, 0.4) is 0 Å². The highest BCUT2D eigenvalue weighted by Gasteiger charge is 2.23. The molecule has 4 nitrogen and oxygen atoms in total. The van der Waals surface area contributed by atoms with Gasteiger partial charge in [-0.05, 0) is 36.4 Å². The lowest BCUT2D eigenvalue weighted by Crippen LogP contribution is -2.42. The Balaban J connectivity index is 1.74. The maximum atomic E-state index is 12.3. The summed E-state index contributed by atoms with van der Waals surface area (Å²) >= 11 is 0. The van der Waals surface area contributed by atoms with Gasteiger partial charge in [-0.1, -0.05) is 25.3 Å². The van der Waals surface area contributed by atoms with E-state index in [1.54, 1.807) is 0 Å². The molecule has 0 saturated heterocycles. The Morgan fingerprint density at radius 2 is 2.05 bits per heavy atom. The number of benzene rings is 1. The van der Waals surface area contributed by atoms with Gasteiger partial charge < -0.3 is 15.4 Å². The van der Waals surface area contributed by atoms with E-state index in [4.69, 9.17) is 0 Å². The van der Waals surface area contributed by atoms with Gasteiger partial charge in [0.05, 0.1) is 12.1 Å². The molecule has 0 aliphatic heterocycles. The van der Waals surface area contributed by atoms with Gasteiger partial charge in [0.2, 0.25) is 0 Å². The van der Waals surface area contributed by atoms with Gasteiger partial charge in [-0.25, -0.2) is 0 Å². The number of hydrogen-bond acceptors (Lipinski definition) is 2. The molecular weight excluding hydrogens is 252 g/mol. The predicted molar refractivity (Wildman–Crippen MR) is 78.6 cm³/mol. The third-order valence-corrected chi connectivity index (χ3v) is 4.11. The summed E-state index contributed by atoms with van der Waals surface area (Å²) in [6.45, 7) is 0. The van der Waals surface area contributed by atoms with Crippen LogP contribution in [0.4, 0.5) is 0 Å². The second-order valence-electron chi connectivity index (χ2n) is 5.57. The summed E-state index contributed by atoms with van der Waals surface area (Å²) in [5.41, 5.74) is 1.59. The SMILES string of the molecule is O=C(NC1CCCCCC1O)c1ccc2cc[nH]c2c1. The lowest BCUT2D eigenvalue weighted by atomic mass is 10.1. The smallest absolute Gasteiger partial charge is 0.251 e. The normalized spacial score (nSPS) is 23.4. The number of fused-ring (bicyclic) bond motifs is 1. The van der Waals surface area contributed by atoms with E-state index < -0.39 is 6.10 Å². The molecule has 1 heterocycles. The van der Waals surface area contributed by atoms with Gasteiger partial charge in [0.1, 0.15) is 0 Å². The maximum absolute atomic E-state index is 12.3. The van der Waals surface area contributed by atoms with Gasteiger partial charge in [-0.3, -0.25) is 4.79 Å². The van der Waals surface area contributed by atoms with Crippen molar-refractivity contribution in [1.82, 2.24) is 10.3 Å². The summed E-state index contributed by atoms with van der Waals surface area (Å²) in [5, 5.41) is 14.1. The van der Waals surface area contributed by atoms with Gasteiger partial charge in [0, 0.05) is 17.3 Å². The van der Waals surface area contributed by atoms with Crippen molar-refractivity contribution in [2.75, 3.05) is 0 Å². The number of aromatic nitrogens is 1. The second kappa shape index (κ2) is 5.67. The molecule has 3 rings (SSSR count). The minimum Gasteiger partial charge on any atom is -0.391 e. The van der Waals surface area contributed by atoms with Crippen LogP contribution >= 0.6 is 0 Å². The zero-order valence-electron chi connectivity index (χ0n) is 11.4. The highest BCUT2D eigenvalue weighted by atomic mass is 16.3. The quantitative estimate of drug-likeness (QED) is 0.736. The summed E-state index contributed by atoms with van der Waals surface area (Å²) in [5.74, 6) is -0.104. The molecule has 2 atom stereocenters. The molecule has 2 aromatic rings. The van der Waals surface area contributed by atoms with Crippen molar-refractivity contribution < 1.29 is 9.90 Å². The van der Waals surface area contributed by atoms with E-state index in [9.17, 15) is 9.90 Å². The van der Waals surface area contributed by atoms with Crippen LogP contribution in [0, 0.1) is 0 Å². The average Bonchev–Trinajstić information content (AvgIpc) is 2.83. The Hall–Kier alpha value is -1.81. The first-order valence-electron chi connectivity index (χ1n) is 7.30. The minimum absolute atomic E-state index is 0.104. The molecule has 1 fully saturated rings. The predicted octanol–water partition coefficient (Wildman–Crippen LogP) is 2.59. The number of hydrogen-bond donors (Lipinski definition) is 3. The van der Waals surface area contributed by atoms with Crippen LogP contribution in [0.2, 0.25) is 0 Å². The fraction of sp³-hybridized carbons (Fsp3) is 0.438. The molecule has 0 spiro atoms. The highest BCUT2D eigenvalue weighted by Crippen LogP contribution is 2.19. The lowest BCUT2D eigenvalue weighted by molar-refractivity contribution is 0.0819. The van der Waals surface area contributed by atoms with Crippen LogP contribution in [0.5, 0.6) is 0 Å². The number of H-pyrrole nitrogens is 1. The van der Waals surface area contributed by atoms with Crippen molar-refractivity contribution in [2.24, 2.45) is 0 Å². The molecule has 1 saturated carbocycles. The lowest BCUT2D eigenvalue weighted by Gasteiger charge is -2.21. The number of aliphatic hydroxyl groups is 1. The highest BCUT2D eigenvalue weighted by molar-refractivity contribution is 5.98.